The summed E-state index contributed by atoms with van der Waals surface area (Å²) in [6.07, 6.45) is -6.90. The Labute approximate surface area is 282 Å². The lowest BCUT2D eigenvalue weighted by atomic mass is 9.90. The molecule has 7 rings (SSSR count). The van der Waals surface area contributed by atoms with Crippen LogP contribution in [0.2, 0.25) is 10.2 Å². The van der Waals surface area contributed by atoms with Crippen LogP contribution in [0.4, 0.5) is 13.2 Å². The van der Waals surface area contributed by atoms with Crippen molar-refractivity contribution in [2.24, 2.45) is 0 Å². The van der Waals surface area contributed by atoms with E-state index in [2.05, 4.69) is 36.3 Å². The van der Waals surface area contributed by atoms with Crippen molar-refractivity contribution in [3.63, 3.8) is 0 Å². The predicted molar refractivity (Wildman–Crippen MR) is 165 cm³/mol. The van der Waals surface area contributed by atoms with Crippen LogP contribution in [0, 0.1) is 0 Å². The molecule has 2 aliphatic heterocycles. The van der Waals surface area contributed by atoms with Gasteiger partial charge in [0.05, 0.1) is 29.7 Å². The highest BCUT2D eigenvalue weighted by atomic mass is 79.9. The Morgan fingerprint density at radius 1 is 1.09 bits per heavy atom. The van der Waals surface area contributed by atoms with Crippen LogP contribution in [0.1, 0.15) is 35.3 Å². The number of hydrogen-bond donors (Lipinski definition) is 0. The van der Waals surface area contributed by atoms with Gasteiger partial charge in [-0.15, -0.1) is 16.4 Å². The van der Waals surface area contributed by atoms with Gasteiger partial charge in [0.25, 0.3) is 0 Å². The van der Waals surface area contributed by atoms with Gasteiger partial charge in [0.2, 0.25) is 0 Å². The topological polar surface area (TPSA) is 98.3 Å². The molecule has 0 bridgehead atoms. The first-order valence-electron chi connectivity index (χ1n) is 13.8. The van der Waals surface area contributed by atoms with Crippen molar-refractivity contribution < 1.29 is 32.1 Å². The maximum absolute atomic E-state index is 14.2. The molecule has 10 nitrogen and oxygen atoms in total. The maximum atomic E-state index is 14.2. The van der Waals surface area contributed by atoms with Gasteiger partial charge in [0, 0.05) is 23.1 Å². The third-order valence-electron chi connectivity index (χ3n) is 7.70. The molecule has 5 aromatic rings. The van der Waals surface area contributed by atoms with Crippen LogP contribution in [0.5, 0.6) is 0 Å². The Balaban J connectivity index is 1.33. The fourth-order valence-corrected chi connectivity index (χ4v) is 7.21. The normalized spacial score (nSPS) is 25.0. The Kier molecular flexibility index (Phi) is 8.69. The largest absolute Gasteiger partial charge is 0.418 e. The molecule has 46 heavy (non-hydrogen) atoms. The first kappa shape index (κ1) is 31.7. The first-order valence-corrected chi connectivity index (χ1v) is 16.2. The second-order valence-electron chi connectivity index (χ2n) is 10.5. The van der Waals surface area contributed by atoms with E-state index >= 15 is 0 Å². The molecule has 5 heterocycles. The van der Waals surface area contributed by atoms with Gasteiger partial charge >= 0.3 is 6.18 Å². The third-order valence-corrected chi connectivity index (χ3v) is 9.51. The van der Waals surface area contributed by atoms with Gasteiger partial charge < -0.3 is 18.9 Å². The minimum atomic E-state index is -4.69. The number of aromatic nitrogens is 6. The Hall–Kier alpha value is -2.89. The number of thiazole rings is 1. The quantitative estimate of drug-likeness (QED) is 0.176. The molecule has 0 amide bonds. The summed E-state index contributed by atoms with van der Waals surface area (Å²) in [6, 6.07) is 13.6. The monoisotopic (exact) mass is 756 g/mol. The highest BCUT2D eigenvalue weighted by molar-refractivity contribution is 9.10. The predicted octanol–water partition coefficient (Wildman–Crippen LogP) is 7.49. The SMILES string of the molecule is CO[C@@H]1[C@@H](n2cc(-c3nc(Cl)cs3)nn2)[C@H]2OC(c3ccccc3)OC[C@H]2O[C@H]1c1cc(Br)nn1-c1cc(Cl)ccc1C(F)(F)F. The Morgan fingerprint density at radius 3 is 2.61 bits per heavy atom. The Bertz CT molecular complexity index is 1860. The summed E-state index contributed by atoms with van der Waals surface area (Å²) in [6.45, 7) is 0.109. The molecule has 0 radical (unpaired) electrons. The lowest BCUT2D eigenvalue weighted by molar-refractivity contribution is -0.320. The van der Waals surface area contributed by atoms with E-state index in [0.29, 0.717) is 15.9 Å². The molecule has 6 atom stereocenters. The first-order chi connectivity index (χ1) is 22.1. The average molecular weight is 758 g/mol. The van der Waals surface area contributed by atoms with E-state index in [1.807, 2.05) is 30.3 Å². The smallest absolute Gasteiger partial charge is 0.376 e. The number of ether oxygens (including phenoxy) is 4. The third kappa shape index (κ3) is 5.99. The summed E-state index contributed by atoms with van der Waals surface area (Å²) in [5.74, 6) is 0. The van der Waals surface area contributed by atoms with Gasteiger partial charge in [-0.1, -0.05) is 58.7 Å². The summed E-state index contributed by atoms with van der Waals surface area (Å²) in [5, 5.41) is 15.8. The lowest BCUT2D eigenvalue weighted by Gasteiger charge is -2.49. The molecular weight excluding hydrogens is 736 g/mol. The second kappa shape index (κ2) is 12.6. The molecule has 2 saturated heterocycles. The van der Waals surface area contributed by atoms with Crippen molar-refractivity contribution in [3.05, 3.63) is 97.8 Å². The Morgan fingerprint density at radius 2 is 1.89 bits per heavy atom. The van der Waals surface area contributed by atoms with Crippen LogP contribution in [0.3, 0.4) is 0 Å². The molecule has 240 valence electrons. The van der Waals surface area contributed by atoms with Gasteiger partial charge in [-0.2, -0.15) is 18.3 Å². The summed E-state index contributed by atoms with van der Waals surface area (Å²) in [5.41, 5.74) is 0.342. The van der Waals surface area contributed by atoms with E-state index in [0.717, 1.165) is 16.3 Å². The fraction of sp³-hybridized carbons (Fsp3) is 0.310. The number of halogens is 6. The zero-order valence-electron chi connectivity index (χ0n) is 23.5. The molecule has 0 saturated carbocycles. The van der Waals surface area contributed by atoms with Crippen molar-refractivity contribution in [3.8, 4) is 16.4 Å². The minimum Gasteiger partial charge on any atom is -0.376 e. The van der Waals surface area contributed by atoms with Gasteiger partial charge in [0.1, 0.15) is 50.9 Å². The zero-order valence-corrected chi connectivity index (χ0v) is 27.4. The van der Waals surface area contributed by atoms with Gasteiger partial charge in [0.15, 0.2) is 6.29 Å². The highest BCUT2D eigenvalue weighted by Crippen LogP contribution is 2.46. The molecule has 2 aromatic carbocycles. The zero-order chi connectivity index (χ0) is 32.2. The van der Waals surface area contributed by atoms with Crippen molar-refractivity contribution >= 4 is 50.5 Å². The standard InChI is InChI=1S/C29H22BrCl2F3N6O4S/c1-42-26-23(40-11-17(37-39-40)27-36-22(32)13-46-27)25-20(12-43-28(45-25)14-5-3-2-4-6-14)44-24(26)19-10-21(30)38-41(19)18-9-15(31)7-8-16(18)29(33,34)35/h2-11,13,20,23-26,28H,12H2,1H3/t20-,23+,24+,25+,26-,28?/m1/s1. The second-order valence-corrected chi connectivity index (χ2v) is 13.0. The van der Waals surface area contributed by atoms with Crippen molar-refractivity contribution in [1.29, 1.82) is 0 Å². The molecule has 3 aromatic heterocycles. The molecule has 0 aliphatic carbocycles. The molecule has 0 spiro atoms. The van der Waals surface area contributed by atoms with E-state index in [9.17, 15) is 13.2 Å². The number of benzene rings is 2. The van der Waals surface area contributed by atoms with Crippen LogP contribution >= 0.6 is 50.5 Å². The van der Waals surface area contributed by atoms with Crippen LogP contribution in [0.15, 0.2) is 70.8 Å². The molecule has 0 N–H and O–H groups in total. The summed E-state index contributed by atoms with van der Waals surface area (Å²) in [7, 11) is 1.48. The van der Waals surface area contributed by atoms with E-state index < -0.39 is 48.5 Å². The van der Waals surface area contributed by atoms with Crippen molar-refractivity contribution in [1.82, 2.24) is 29.8 Å². The molecular formula is C29H22BrCl2F3N6O4S. The lowest BCUT2D eigenvalue weighted by Crippen LogP contribution is -2.57. The summed E-state index contributed by atoms with van der Waals surface area (Å²) >= 11 is 16.9. The van der Waals surface area contributed by atoms with Crippen LogP contribution in [-0.2, 0) is 25.1 Å². The summed E-state index contributed by atoms with van der Waals surface area (Å²) < 4.78 is 70.9. The van der Waals surface area contributed by atoms with Crippen molar-refractivity contribution in [2.45, 2.75) is 42.9 Å². The van der Waals surface area contributed by atoms with E-state index in [4.69, 9.17) is 42.1 Å². The molecule has 1 unspecified atom stereocenters. The number of fused-ring (bicyclic) bond motifs is 1. The summed E-state index contributed by atoms with van der Waals surface area (Å²) in [4.78, 5) is 4.30. The minimum absolute atomic E-state index is 0.102. The average Bonchev–Trinajstić information content (AvgIpc) is 3.79. The molecule has 2 aliphatic rings. The van der Waals surface area contributed by atoms with Crippen LogP contribution in [-0.4, -0.2) is 61.8 Å². The molecule has 17 heteroatoms. The van der Waals surface area contributed by atoms with E-state index in [-0.39, 0.29) is 27.6 Å². The molecule has 2 fully saturated rings. The van der Waals surface area contributed by atoms with Gasteiger partial charge in [-0.25, -0.2) is 14.3 Å². The number of hydrogen-bond acceptors (Lipinski definition) is 9. The highest BCUT2D eigenvalue weighted by Gasteiger charge is 2.53. The van der Waals surface area contributed by atoms with Crippen LogP contribution in [0.25, 0.3) is 16.4 Å². The van der Waals surface area contributed by atoms with Gasteiger partial charge in [-0.3, -0.25) is 0 Å². The number of methoxy groups -OCH3 is 1. The fourth-order valence-electron chi connectivity index (χ4n) is 5.76. The van der Waals surface area contributed by atoms with Crippen LogP contribution < -0.4 is 0 Å². The van der Waals surface area contributed by atoms with E-state index in [1.165, 1.54) is 30.6 Å². The number of nitrogens with zero attached hydrogens (tertiary/aromatic N) is 6. The van der Waals surface area contributed by atoms with Crippen molar-refractivity contribution in [2.75, 3.05) is 13.7 Å². The van der Waals surface area contributed by atoms with Gasteiger partial charge in [-0.05, 0) is 40.2 Å². The van der Waals surface area contributed by atoms with E-state index in [1.54, 1.807) is 22.3 Å². The maximum Gasteiger partial charge on any atom is 0.418 e. The number of rotatable bonds is 6. The number of alkyl halides is 3.